The van der Waals surface area contributed by atoms with Gasteiger partial charge >= 0.3 is 6.36 Å². The summed E-state index contributed by atoms with van der Waals surface area (Å²) in [5.41, 5.74) is 1.23. The van der Waals surface area contributed by atoms with E-state index < -0.39 is 6.36 Å². The average Bonchev–Trinajstić information content (AvgIpc) is 2.72. The van der Waals surface area contributed by atoms with Crippen LogP contribution in [-0.4, -0.2) is 42.0 Å². The standard InChI is InChI=1S/C21H22F3NO4/c22-21(23,24)29-19-7-3-15(4-8-19)14-28-18-9-5-17(6-10-18)20(27)25-11-1-2-16(12-25)13-26/h3-10,16,26H,1-2,11-14H2. The minimum Gasteiger partial charge on any atom is -0.489 e. The fourth-order valence-corrected chi connectivity index (χ4v) is 3.23. The van der Waals surface area contributed by atoms with Gasteiger partial charge in [0, 0.05) is 25.3 Å². The van der Waals surface area contributed by atoms with Crippen LogP contribution < -0.4 is 9.47 Å². The maximum absolute atomic E-state index is 12.6. The summed E-state index contributed by atoms with van der Waals surface area (Å²) >= 11 is 0. The van der Waals surface area contributed by atoms with E-state index in [2.05, 4.69) is 4.74 Å². The first kappa shape index (κ1) is 21.0. The first-order valence-corrected chi connectivity index (χ1v) is 9.32. The molecule has 1 fully saturated rings. The van der Waals surface area contributed by atoms with Crippen LogP contribution in [0.25, 0.3) is 0 Å². The van der Waals surface area contributed by atoms with Crippen molar-refractivity contribution < 1.29 is 32.5 Å². The first-order chi connectivity index (χ1) is 13.8. The van der Waals surface area contributed by atoms with Gasteiger partial charge in [-0.15, -0.1) is 13.2 Å². The quantitative estimate of drug-likeness (QED) is 0.783. The third-order valence-corrected chi connectivity index (χ3v) is 4.73. The van der Waals surface area contributed by atoms with E-state index in [0.717, 1.165) is 12.8 Å². The Kier molecular flexibility index (Phi) is 6.64. The number of piperidine rings is 1. The highest BCUT2D eigenvalue weighted by Crippen LogP contribution is 2.24. The first-order valence-electron chi connectivity index (χ1n) is 9.32. The number of hydrogen-bond donors (Lipinski definition) is 1. The molecule has 0 bridgehead atoms. The maximum atomic E-state index is 12.6. The number of alkyl halides is 3. The number of hydrogen-bond acceptors (Lipinski definition) is 4. The van der Waals surface area contributed by atoms with Crippen molar-refractivity contribution in [1.29, 1.82) is 0 Å². The molecule has 3 rings (SSSR count). The van der Waals surface area contributed by atoms with Gasteiger partial charge in [-0.2, -0.15) is 0 Å². The Morgan fingerprint density at radius 3 is 2.34 bits per heavy atom. The van der Waals surface area contributed by atoms with Crippen LogP contribution in [0.15, 0.2) is 48.5 Å². The predicted molar refractivity (Wildman–Crippen MR) is 99.6 cm³/mol. The van der Waals surface area contributed by atoms with Crippen molar-refractivity contribution >= 4 is 5.91 Å². The molecular weight excluding hydrogens is 387 g/mol. The Morgan fingerprint density at radius 1 is 1.07 bits per heavy atom. The molecule has 1 unspecified atom stereocenters. The molecule has 156 valence electrons. The van der Waals surface area contributed by atoms with Gasteiger partial charge in [-0.1, -0.05) is 12.1 Å². The van der Waals surface area contributed by atoms with E-state index in [0.29, 0.717) is 30.0 Å². The minimum atomic E-state index is -4.72. The van der Waals surface area contributed by atoms with E-state index in [9.17, 15) is 23.1 Å². The van der Waals surface area contributed by atoms with Gasteiger partial charge in [0.05, 0.1) is 0 Å². The van der Waals surface area contributed by atoms with Crippen LogP contribution in [0.3, 0.4) is 0 Å². The third kappa shape index (κ3) is 6.12. The van der Waals surface area contributed by atoms with Crippen molar-refractivity contribution in [2.75, 3.05) is 19.7 Å². The molecule has 29 heavy (non-hydrogen) atoms. The Bertz CT molecular complexity index is 806. The average molecular weight is 409 g/mol. The van der Waals surface area contributed by atoms with E-state index >= 15 is 0 Å². The van der Waals surface area contributed by atoms with Crippen molar-refractivity contribution in [2.24, 2.45) is 5.92 Å². The van der Waals surface area contributed by atoms with Gasteiger partial charge in [0.1, 0.15) is 18.1 Å². The molecule has 2 aromatic carbocycles. The molecule has 1 atom stereocenters. The summed E-state index contributed by atoms with van der Waals surface area (Å²) in [4.78, 5) is 14.3. The Hall–Kier alpha value is -2.74. The topological polar surface area (TPSA) is 59.0 Å². The molecule has 0 radical (unpaired) electrons. The lowest BCUT2D eigenvalue weighted by Crippen LogP contribution is -2.40. The zero-order chi connectivity index (χ0) is 20.9. The summed E-state index contributed by atoms with van der Waals surface area (Å²) in [7, 11) is 0. The van der Waals surface area contributed by atoms with Gasteiger partial charge in [-0.25, -0.2) is 0 Å². The zero-order valence-electron chi connectivity index (χ0n) is 15.7. The predicted octanol–water partition coefficient (Wildman–Crippen LogP) is 4.01. The summed E-state index contributed by atoms with van der Waals surface area (Å²) in [6, 6.07) is 12.2. The van der Waals surface area contributed by atoms with Crippen molar-refractivity contribution in [3.05, 3.63) is 59.7 Å². The monoisotopic (exact) mass is 409 g/mol. The molecule has 1 amide bonds. The van der Waals surface area contributed by atoms with Crippen LogP contribution in [0.2, 0.25) is 0 Å². The van der Waals surface area contributed by atoms with Crippen molar-refractivity contribution in [3.8, 4) is 11.5 Å². The van der Waals surface area contributed by atoms with Crippen molar-refractivity contribution in [1.82, 2.24) is 4.90 Å². The Morgan fingerprint density at radius 2 is 1.72 bits per heavy atom. The van der Waals surface area contributed by atoms with Gasteiger partial charge in [-0.3, -0.25) is 4.79 Å². The lowest BCUT2D eigenvalue weighted by atomic mass is 9.98. The fourth-order valence-electron chi connectivity index (χ4n) is 3.23. The lowest BCUT2D eigenvalue weighted by Gasteiger charge is -2.31. The second-order valence-corrected chi connectivity index (χ2v) is 6.95. The van der Waals surface area contributed by atoms with Crippen LogP contribution in [0, 0.1) is 5.92 Å². The number of aliphatic hydroxyl groups excluding tert-OH is 1. The van der Waals surface area contributed by atoms with Gasteiger partial charge in [0.15, 0.2) is 0 Å². The highest BCUT2D eigenvalue weighted by Gasteiger charge is 2.31. The van der Waals surface area contributed by atoms with Gasteiger partial charge in [-0.05, 0) is 60.7 Å². The van der Waals surface area contributed by atoms with Crippen LogP contribution in [0.1, 0.15) is 28.8 Å². The number of likely N-dealkylation sites (tertiary alicyclic amines) is 1. The molecule has 8 heteroatoms. The fraction of sp³-hybridized carbons (Fsp3) is 0.381. The second-order valence-electron chi connectivity index (χ2n) is 6.95. The van der Waals surface area contributed by atoms with E-state index in [1.165, 1.54) is 24.3 Å². The third-order valence-electron chi connectivity index (χ3n) is 4.73. The van der Waals surface area contributed by atoms with Gasteiger partial charge < -0.3 is 19.5 Å². The zero-order valence-corrected chi connectivity index (χ0v) is 15.7. The molecule has 0 spiro atoms. The summed E-state index contributed by atoms with van der Waals surface area (Å²) < 4.78 is 46.0. The highest BCUT2D eigenvalue weighted by atomic mass is 19.4. The van der Waals surface area contributed by atoms with E-state index in [1.807, 2.05) is 0 Å². The second kappa shape index (κ2) is 9.17. The van der Waals surface area contributed by atoms with Crippen molar-refractivity contribution in [3.63, 3.8) is 0 Å². The number of carbonyl (C=O) groups is 1. The number of rotatable bonds is 6. The van der Waals surface area contributed by atoms with Crippen LogP contribution >= 0.6 is 0 Å². The summed E-state index contributed by atoms with van der Waals surface area (Å²) in [6.45, 7) is 1.49. The minimum absolute atomic E-state index is 0.0741. The summed E-state index contributed by atoms with van der Waals surface area (Å²) in [5.74, 6) is 0.312. The van der Waals surface area contributed by atoms with Gasteiger partial charge in [0.25, 0.3) is 5.91 Å². The van der Waals surface area contributed by atoms with E-state index in [1.54, 1.807) is 29.2 Å². The molecule has 2 aromatic rings. The summed E-state index contributed by atoms with van der Waals surface area (Å²) in [5, 5.41) is 9.30. The highest BCUT2D eigenvalue weighted by molar-refractivity contribution is 5.94. The number of aliphatic hydroxyl groups is 1. The normalized spacial score (nSPS) is 17.1. The van der Waals surface area contributed by atoms with E-state index in [4.69, 9.17) is 4.74 Å². The molecule has 1 aliphatic heterocycles. The number of benzene rings is 2. The Labute approximate surface area is 166 Å². The smallest absolute Gasteiger partial charge is 0.489 e. The molecule has 1 aliphatic rings. The van der Waals surface area contributed by atoms with Crippen molar-refractivity contribution in [2.45, 2.75) is 25.8 Å². The van der Waals surface area contributed by atoms with E-state index in [-0.39, 0.29) is 30.8 Å². The molecule has 1 saturated heterocycles. The molecule has 1 heterocycles. The molecular formula is C21H22F3NO4. The number of amides is 1. The number of ether oxygens (including phenoxy) is 2. The number of halogens is 3. The Balaban J connectivity index is 1.53. The number of nitrogens with zero attached hydrogens (tertiary/aromatic N) is 1. The molecule has 0 saturated carbocycles. The maximum Gasteiger partial charge on any atom is 0.573 e. The SMILES string of the molecule is O=C(c1ccc(OCc2ccc(OC(F)(F)F)cc2)cc1)N1CCCC(CO)C1. The lowest BCUT2D eigenvalue weighted by molar-refractivity contribution is -0.274. The largest absolute Gasteiger partial charge is 0.573 e. The number of carbonyl (C=O) groups excluding carboxylic acids is 1. The summed E-state index contributed by atoms with van der Waals surface area (Å²) in [6.07, 6.45) is -2.91. The molecule has 5 nitrogen and oxygen atoms in total. The van der Waals surface area contributed by atoms with Crippen LogP contribution in [0.5, 0.6) is 11.5 Å². The molecule has 0 aliphatic carbocycles. The molecule has 0 aromatic heterocycles. The van der Waals surface area contributed by atoms with Crippen LogP contribution in [0.4, 0.5) is 13.2 Å². The molecule has 1 N–H and O–H groups in total. The van der Waals surface area contributed by atoms with Gasteiger partial charge in [0.2, 0.25) is 0 Å². The van der Waals surface area contributed by atoms with Crippen LogP contribution in [-0.2, 0) is 6.61 Å².